The Balaban J connectivity index is 1.75. The Bertz CT molecular complexity index is 493. The molecule has 2 aromatic rings. The van der Waals surface area contributed by atoms with E-state index in [4.69, 9.17) is 0 Å². The summed E-state index contributed by atoms with van der Waals surface area (Å²) in [7, 11) is 0. The Kier molecular flexibility index (Phi) is 3.56. The lowest BCUT2D eigenvalue weighted by Crippen LogP contribution is -2.28. The van der Waals surface area contributed by atoms with Crippen LogP contribution in [0.2, 0.25) is 0 Å². The first-order valence-corrected chi connectivity index (χ1v) is 7.19. The normalized spacial score (nSPS) is 19.2. The van der Waals surface area contributed by atoms with Gasteiger partial charge in [-0.15, -0.1) is 0 Å². The first-order valence-electron chi connectivity index (χ1n) is 6.03. The molecule has 0 bridgehead atoms. The molecule has 1 aliphatic heterocycles. The zero-order valence-electron chi connectivity index (χ0n) is 9.99. The molecule has 0 radical (unpaired) electrons. The maximum absolute atomic E-state index is 4.38. The molecule has 2 aromatic heterocycles. The van der Waals surface area contributed by atoms with E-state index in [-0.39, 0.29) is 0 Å². The van der Waals surface area contributed by atoms with Crippen LogP contribution in [0.4, 0.5) is 0 Å². The third kappa shape index (κ3) is 2.54. The average Bonchev–Trinajstić information content (AvgIpc) is 3.10. The van der Waals surface area contributed by atoms with Crippen molar-refractivity contribution in [2.24, 2.45) is 0 Å². The highest BCUT2D eigenvalue weighted by atomic mass is 32.2. The fourth-order valence-electron chi connectivity index (χ4n) is 2.04. The Morgan fingerprint density at radius 1 is 1.50 bits per heavy atom. The highest BCUT2D eigenvalue weighted by molar-refractivity contribution is 7.99. The topological polar surface area (TPSA) is 55.6 Å². The van der Waals surface area contributed by atoms with Gasteiger partial charge in [-0.2, -0.15) is 16.9 Å². The van der Waals surface area contributed by atoms with Gasteiger partial charge in [0.1, 0.15) is 12.7 Å². The predicted molar refractivity (Wildman–Crippen MR) is 71.7 cm³/mol. The van der Waals surface area contributed by atoms with Crippen LogP contribution in [0, 0.1) is 0 Å². The van der Waals surface area contributed by atoms with Crippen molar-refractivity contribution >= 4 is 11.8 Å². The molecule has 1 unspecified atom stereocenters. The number of hydrogen-bond acceptors (Lipinski definition) is 5. The van der Waals surface area contributed by atoms with E-state index in [1.807, 2.05) is 17.8 Å². The molecule has 0 aromatic carbocycles. The molecule has 5 nitrogen and oxygen atoms in total. The first-order chi connectivity index (χ1) is 8.93. The number of nitrogens with one attached hydrogen (secondary N) is 1. The highest BCUT2D eigenvalue weighted by Crippen LogP contribution is 2.18. The predicted octanol–water partition coefficient (Wildman–Crippen LogP) is 1.26. The largest absolute Gasteiger partial charge is 0.309 e. The molecule has 1 fully saturated rings. The molecule has 1 saturated heterocycles. The van der Waals surface area contributed by atoms with Gasteiger partial charge in [-0.3, -0.25) is 0 Å². The molecule has 3 rings (SSSR count). The molecular weight excluding hydrogens is 246 g/mol. The van der Waals surface area contributed by atoms with E-state index in [1.165, 1.54) is 24.3 Å². The van der Waals surface area contributed by atoms with E-state index >= 15 is 0 Å². The molecule has 18 heavy (non-hydrogen) atoms. The second-order valence-corrected chi connectivity index (χ2v) is 5.42. The third-order valence-electron chi connectivity index (χ3n) is 3.01. The number of aromatic nitrogens is 4. The van der Waals surface area contributed by atoms with Crippen molar-refractivity contribution < 1.29 is 0 Å². The molecule has 0 saturated carbocycles. The van der Waals surface area contributed by atoms with Crippen LogP contribution in [0.1, 0.15) is 12.0 Å². The van der Waals surface area contributed by atoms with Gasteiger partial charge in [0.05, 0.1) is 0 Å². The van der Waals surface area contributed by atoms with Crippen LogP contribution < -0.4 is 5.32 Å². The Morgan fingerprint density at radius 3 is 3.28 bits per heavy atom. The summed E-state index contributed by atoms with van der Waals surface area (Å²) in [5, 5.41) is 7.72. The number of nitrogens with zero attached hydrogens (tertiary/aromatic N) is 4. The molecule has 3 heterocycles. The van der Waals surface area contributed by atoms with Gasteiger partial charge in [-0.25, -0.2) is 14.6 Å². The quantitative estimate of drug-likeness (QED) is 0.898. The minimum atomic E-state index is 0.624. The number of rotatable bonds is 4. The fraction of sp³-hybridized carbons (Fsp3) is 0.417. The summed E-state index contributed by atoms with van der Waals surface area (Å²) in [6, 6.07) is 4.67. The van der Waals surface area contributed by atoms with Gasteiger partial charge in [0.25, 0.3) is 0 Å². The van der Waals surface area contributed by atoms with Gasteiger partial charge >= 0.3 is 0 Å². The third-order valence-corrected chi connectivity index (χ3v) is 4.18. The van der Waals surface area contributed by atoms with Crippen LogP contribution in [0.3, 0.4) is 0 Å². The molecule has 0 spiro atoms. The highest BCUT2D eigenvalue weighted by Gasteiger charge is 2.15. The first kappa shape index (κ1) is 11.7. The summed E-state index contributed by atoms with van der Waals surface area (Å²) >= 11 is 2.01. The molecule has 1 atom stereocenters. The molecule has 1 aliphatic rings. The maximum Gasteiger partial charge on any atom is 0.159 e. The molecule has 1 N–H and O–H groups in total. The second kappa shape index (κ2) is 5.49. The SMILES string of the molecule is c1cnc(-n2cncn2)c(CNC2CCSC2)c1. The van der Waals surface area contributed by atoms with Crippen molar-refractivity contribution in [3.05, 3.63) is 36.5 Å². The van der Waals surface area contributed by atoms with E-state index < -0.39 is 0 Å². The van der Waals surface area contributed by atoms with Gasteiger partial charge in [0, 0.05) is 30.1 Å². The van der Waals surface area contributed by atoms with Crippen molar-refractivity contribution in [3.8, 4) is 5.82 Å². The zero-order valence-corrected chi connectivity index (χ0v) is 10.8. The molecule has 6 heteroatoms. The van der Waals surface area contributed by atoms with Crippen LogP contribution in [0.5, 0.6) is 0 Å². The molecule has 94 valence electrons. The van der Waals surface area contributed by atoms with Gasteiger partial charge < -0.3 is 5.32 Å². The number of hydrogen-bond donors (Lipinski definition) is 1. The van der Waals surface area contributed by atoms with E-state index in [2.05, 4.69) is 26.4 Å². The number of thioether (sulfide) groups is 1. The lowest BCUT2D eigenvalue weighted by Gasteiger charge is -2.13. The summed E-state index contributed by atoms with van der Waals surface area (Å²) in [6.07, 6.45) is 6.24. The summed E-state index contributed by atoms with van der Waals surface area (Å²) in [6.45, 7) is 0.828. The van der Waals surface area contributed by atoms with Crippen molar-refractivity contribution in [2.75, 3.05) is 11.5 Å². The Labute approximate surface area is 110 Å². The van der Waals surface area contributed by atoms with Crippen molar-refractivity contribution in [1.82, 2.24) is 25.1 Å². The molecule has 0 amide bonds. The van der Waals surface area contributed by atoms with Gasteiger partial charge in [-0.05, 0) is 18.2 Å². The van der Waals surface area contributed by atoms with Gasteiger partial charge in [0.2, 0.25) is 0 Å². The Morgan fingerprint density at radius 2 is 2.50 bits per heavy atom. The summed E-state index contributed by atoms with van der Waals surface area (Å²) in [5.74, 6) is 3.33. The van der Waals surface area contributed by atoms with Crippen LogP contribution in [0.15, 0.2) is 31.0 Å². The fourth-order valence-corrected chi connectivity index (χ4v) is 3.23. The molecular formula is C12H15N5S. The monoisotopic (exact) mass is 261 g/mol. The Hall–Kier alpha value is -1.40. The van der Waals surface area contributed by atoms with Crippen LogP contribution >= 0.6 is 11.8 Å². The summed E-state index contributed by atoms with van der Waals surface area (Å²) in [4.78, 5) is 8.35. The minimum Gasteiger partial charge on any atom is -0.309 e. The number of pyridine rings is 1. The zero-order chi connectivity index (χ0) is 12.2. The van der Waals surface area contributed by atoms with E-state index in [9.17, 15) is 0 Å². The standard InChI is InChI=1S/C12H15N5S/c1-2-10(6-15-11-3-5-18-7-11)12(14-4-1)17-9-13-8-16-17/h1-2,4,8-9,11,15H,3,5-7H2. The van der Waals surface area contributed by atoms with E-state index in [0.717, 1.165) is 17.9 Å². The lowest BCUT2D eigenvalue weighted by molar-refractivity contribution is 0.555. The van der Waals surface area contributed by atoms with Crippen molar-refractivity contribution in [1.29, 1.82) is 0 Å². The molecule has 0 aliphatic carbocycles. The van der Waals surface area contributed by atoms with Gasteiger partial charge in [-0.1, -0.05) is 6.07 Å². The maximum atomic E-state index is 4.38. The lowest BCUT2D eigenvalue weighted by atomic mass is 10.2. The van der Waals surface area contributed by atoms with Crippen LogP contribution in [-0.2, 0) is 6.54 Å². The van der Waals surface area contributed by atoms with Crippen molar-refractivity contribution in [3.63, 3.8) is 0 Å². The smallest absolute Gasteiger partial charge is 0.159 e. The summed E-state index contributed by atoms with van der Waals surface area (Å²) < 4.78 is 1.71. The van der Waals surface area contributed by atoms with E-state index in [1.54, 1.807) is 17.2 Å². The summed E-state index contributed by atoms with van der Waals surface area (Å²) in [5.41, 5.74) is 1.15. The van der Waals surface area contributed by atoms with E-state index in [0.29, 0.717) is 6.04 Å². The van der Waals surface area contributed by atoms with Crippen LogP contribution in [0.25, 0.3) is 5.82 Å². The van der Waals surface area contributed by atoms with Crippen LogP contribution in [-0.4, -0.2) is 37.3 Å². The van der Waals surface area contributed by atoms with Gasteiger partial charge in [0.15, 0.2) is 5.82 Å². The minimum absolute atomic E-state index is 0.624. The average molecular weight is 261 g/mol. The van der Waals surface area contributed by atoms with Crippen molar-refractivity contribution in [2.45, 2.75) is 19.0 Å². The second-order valence-electron chi connectivity index (χ2n) is 4.27.